The van der Waals surface area contributed by atoms with Crippen molar-refractivity contribution in [1.82, 2.24) is 0 Å². The van der Waals surface area contributed by atoms with E-state index in [0.29, 0.717) is 5.92 Å². The van der Waals surface area contributed by atoms with Gasteiger partial charge in [0.25, 0.3) is 0 Å². The van der Waals surface area contributed by atoms with E-state index in [9.17, 15) is 0 Å². The smallest absolute Gasteiger partial charge is 0.00403 e. The highest BCUT2D eigenvalue weighted by atomic mass is 32.1. The fourth-order valence-corrected chi connectivity index (χ4v) is 3.25. The summed E-state index contributed by atoms with van der Waals surface area (Å²) in [5.41, 5.74) is 5.77. The molecular formula is C20H22S. The molecule has 2 aromatic rings. The van der Waals surface area contributed by atoms with Crippen LogP contribution in [-0.4, -0.2) is 0 Å². The van der Waals surface area contributed by atoms with Gasteiger partial charge >= 0.3 is 0 Å². The zero-order chi connectivity index (χ0) is 14.7. The molecule has 0 saturated carbocycles. The molecule has 0 saturated heterocycles. The van der Waals surface area contributed by atoms with Crippen LogP contribution >= 0.6 is 12.6 Å². The SMILES string of the molecule is CCc1ccc(C2CC=C(c3ccc(S)cc3)CC2)cc1. The van der Waals surface area contributed by atoms with Crippen molar-refractivity contribution in [2.45, 2.75) is 43.4 Å². The van der Waals surface area contributed by atoms with Gasteiger partial charge in [-0.25, -0.2) is 0 Å². The molecule has 0 heterocycles. The van der Waals surface area contributed by atoms with Crippen LogP contribution in [0, 0.1) is 0 Å². The Balaban J connectivity index is 1.72. The van der Waals surface area contributed by atoms with Crippen molar-refractivity contribution >= 4 is 18.2 Å². The maximum atomic E-state index is 4.35. The standard InChI is InChI=1S/C20H22S/c1-2-15-3-5-16(6-4-15)17-7-9-18(10-8-17)19-11-13-20(21)14-12-19/h3-6,9,11-14,17,21H,2,7-8,10H2,1H3. The van der Waals surface area contributed by atoms with Gasteiger partial charge < -0.3 is 0 Å². The van der Waals surface area contributed by atoms with Crippen LogP contribution in [-0.2, 0) is 6.42 Å². The molecule has 0 amide bonds. The Morgan fingerprint density at radius 3 is 2.29 bits per heavy atom. The normalized spacial score (nSPS) is 18.4. The zero-order valence-electron chi connectivity index (χ0n) is 12.5. The van der Waals surface area contributed by atoms with Crippen molar-refractivity contribution in [3.05, 3.63) is 71.3 Å². The molecule has 1 atom stereocenters. The van der Waals surface area contributed by atoms with Gasteiger partial charge in [0, 0.05) is 4.90 Å². The number of allylic oxidation sites excluding steroid dienone is 2. The largest absolute Gasteiger partial charge is 0.143 e. The van der Waals surface area contributed by atoms with E-state index < -0.39 is 0 Å². The van der Waals surface area contributed by atoms with E-state index in [-0.39, 0.29) is 0 Å². The van der Waals surface area contributed by atoms with Gasteiger partial charge in [-0.2, -0.15) is 0 Å². The second-order valence-corrected chi connectivity index (χ2v) is 6.36. The molecule has 0 aliphatic heterocycles. The first-order chi connectivity index (χ1) is 10.3. The van der Waals surface area contributed by atoms with Gasteiger partial charge in [-0.15, -0.1) is 12.6 Å². The Bertz CT molecular complexity index is 620. The van der Waals surface area contributed by atoms with E-state index in [0.717, 1.165) is 17.7 Å². The van der Waals surface area contributed by atoms with Crippen LogP contribution in [0.4, 0.5) is 0 Å². The summed E-state index contributed by atoms with van der Waals surface area (Å²) >= 11 is 4.35. The molecule has 0 spiro atoms. The predicted molar refractivity (Wildman–Crippen MR) is 94.1 cm³/mol. The van der Waals surface area contributed by atoms with E-state index in [1.165, 1.54) is 35.1 Å². The monoisotopic (exact) mass is 294 g/mol. The minimum atomic E-state index is 0.684. The minimum Gasteiger partial charge on any atom is -0.143 e. The fraction of sp³-hybridized carbons (Fsp3) is 0.300. The molecule has 0 radical (unpaired) electrons. The Morgan fingerprint density at radius 1 is 1.00 bits per heavy atom. The zero-order valence-corrected chi connectivity index (χ0v) is 13.4. The molecule has 0 nitrogen and oxygen atoms in total. The summed E-state index contributed by atoms with van der Waals surface area (Å²) in [5.74, 6) is 0.684. The van der Waals surface area contributed by atoms with Crippen molar-refractivity contribution < 1.29 is 0 Å². The summed E-state index contributed by atoms with van der Waals surface area (Å²) in [6.45, 7) is 2.21. The summed E-state index contributed by atoms with van der Waals surface area (Å²) in [6.07, 6.45) is 7.13. The van der Waals surface area contributed by atoms with Crippen LogP contribution in [0.1, 0.15) is 48.8 Å². The van der Waals surface area contributed by atoms with E-state index in [4.69, 9.17) is 0 Å². The molecular weight excluding hydrogens is 272 g/mol. The lowest BCUT2D eigenvalue weighted by atomic mass is 9.82. The van der Waals surface area contributed by atoms with E-state index in [1.807, 2.05) is 0 Å². The van der Waals surface area contributed by atoms with E-state index >= 15 is 0 Å². The highest BCUT2D eigenvalue weighted by molar-refractivity contribution is 7.80. The third-order valence-electron chi connectivity index (χ3n) is 4.51. The van der Waals surface area contributed by atoms with Crippen LogP contribution in [0.5, 0.6) is 0 Å². The quantitative estimate of drug-likeness (QED) is 0.670. The molecule has 0 bridgehead atoms. The number of hydrogen-bond donors (Lipinski definition) is 1. The average molecular weight is 294 g/mol. The molecule has 3 rings (SSSR count). The molecule has 1 heteroatoms. The van der Waals surface area contributed by atoms with Gasteiger partial charge in [-0.05, 0) is 66.0 Å². The lowest BCUT2D eigenvalue weighted by Gasteiger charge is -2.23. The molecule has 0 aromatic heterocycles. The lowest BCUT2D eigenvalue weighted by molar-refractivity contribution is 0.625. The van der Waals surface area contributed by atoms with Gasteiger partial charge in [0.2, 0.25) is 0 Å². The van der Waals surface area contributed by atoms with Crippen molar-refractivity contribution in [1.29, 1.82) is 0 Å². The average Bonchev–Trinajstić information content (AvgIpc) is 2.56. The first-order valence-electron chi connectivity index (χ1n) is 7.83. The molecule has 1 unspecified atom stereocenters. The van der Waals surface area contributed by atoms with Gasteiger partial charge in [0.05, 0.1) is 0 Å². The summed E-state index contributed by atoms with van der Waals surface area (Å²) in [4.78, 5) is 1.03. The first kappa shape index (κ1) is 14.5. The van der Waals surface area contributed by atoms with Crippen LogP contribution in [0.2, 0.25) is 0 Å². The number of aryl methyl sites for hydroxylation is 1. The highest BCUT2D eigenvalue weighted by Crippen LogP contribution is 2.36. The molecule has 0 fully saturated rings. The van der Waals surface area contributed by atoms with Crippen LogP contribution in [0.3, 0.4) is 0 Å². The minimum absolute atomic E-state index is 0.684. The Labute approximate surface area is 133 Å². The molecule has 108 valence electrons. The molecule has 21 heavy (non-hydrogen) atoms. The second-order valence-electron chi connectivity index (χ2n) is 5.84. The van der Waals surface area contributed by atoms with Crippen molar-refractivity contribution in [2.24, 2.45) is 0 Å². The van der Waals surface area contributed by atoms with Gasteiger partial charge in [-0.3, -0.25) is 0 Å². The Hall–Kier alpha value is -1.47. The van der Waals surface area contributed by atoms with E-state index in [1.54, 1.807) is 0 Å². The highest BCUT2D eigenvalue weighted by Gasteiger charge is 2.17. The van der Waals surface area contributed by atoms with Gasteiger partial charge in [0.1, 0.15) is 0 Å². The van der Waals surface area contributed by atoms with Crippen LogP contribution in [0.25, 0.3) is 5.57 Å². The molecule has 1 aliphatic rings. The number of benzene rings is 2. The Morgan fingerprint density at radius 2 is 1.71 bits per heavy atom. The van der Waals surface area contributed by atoms with Crippen LogP contribution < -0.4 is 0 Å². The molecule has 2 aromatic carbocycles. The topological polar surface area (TPSA) is 0 Å². The van der Waals surface area contributed by atoms with Gasteiger partial charge in [-0.1, -0.05) is 49.4 Å². The molecule has 1 aliphatic carbocycles. The maximum absolute atomic E-state index is 4.35. The van der Waals surface area contributed by atoms with Gasteiger partial charge in [0.15, 0.2) is 0 Å². The summed E-state index contributed by atoms with van der Waals surface area (Å²) < 4.78 is 0. The Kier molecular flexibility index (Phi) is 4.50. The summed E-state index contributed by atoms with van der Waals surface area (Å²) in [6, 6.07) is 17.7. The second kappa shape index (κ2) is 6.53. The number of hydrogen-bond acceptors (Lipinski definition) is 1. The predicted octanol–water partition coefficient (Wildman–Crippen LogP) is 5.89. The lowest BCUT2D eigenvalue weighted by Crippen LogP contribution is -2.04. The van der Waals surface area contributed by atoms with Crippen LogP contribution in [0.15, 0.2) is 59.5 Å². The third kappa shape index (κ3) is 3.41. The third-order valence-corrected chi connectivity index (χ3v) is 4.81. The summed E-state index contributed by atoms with van der Waals surface area (Å²) in [5, 5.41) is 0. The van der Waals surface area contributed by atoms with E-state index in [2.05, 4.69) is 74.2 Å². The number of thiol groups is 1. The number of rotatable bonds is 3. The van der Waals surface area contributed by atoms with Crippen molar-refractivity contribution in [3.8, 4) is 0 Å². The van der Waals surface area contributed by atoms with Crippen molar-refractivity contribution in [2.75, 3.05) is 0 Å². The van der Waals surface area contributed by atoms with Crippen molar-refractivity contribution in [3.63, 3.8) is 0 Å². The first-order valence-corrected chi connectivity index (χ1v) is 8.28. The fourth-order valence-electron chi connectivity index (χ4n) is 3.10. The molecule has 0 N–H and O–H groups in total. The maximum Gasteiger partial charge on any atom is 0.00403 e. The summed E-state index contributed by atoms with van der Waals surface area (Å²) in [7, 11) is 0.